The maximum atomic E-state index is 12.8. The van der Waals surface area contributed by atoms with E-state index in [9.17, 15) is 14.4 Å². The molecule has 0 amide bonds. The van der Waals surface area contributed by atoms with Crippen LogP contribution in [0.1, 0.15) is 303 Å². The molecule has 0 aliphatic carbocycles. The van der Waals surface area contributed by atoms with Crippen LogP contribution in [-0.4, -0.2) is 37.2 Å². The Morgan fingerprint density at radius 1 is 0.302 bits per heavy atom. The molecule has 6 nitrogen and oxygen atoms in total. The van der Waals surface area contributed by atoms with Crippen molar-refractivity contribution in [2.45, 2.75) is 309 Å². The fourth-order valence-corrected chi connectivity index (χ4v) is 8.20. The zero-order valence-electron chi connectivity index (χ0n) is 42.4. The fraction of sp³-hybridized carbons (Fsp3) is 0.877. The van der Waals surface area contributed by atoms with E-state index in [1.165, 1.54) is 193 Å². The van der Waals surface area contributed by atoms with Gasteiger partial charge in [0.1, 0.15) is 13.2 Å². The second kappa shape index (κ2) is 52.5. The Balaban J connectivity index is 4.32. The van der Waals surface area contributed by atoms with Gasteiger partial charge in [0, 0.05) is 19.3 Å². The maximum absolute atomic E-state index is 12.8. The lowest BCUT2D eigenvalue weighted by Gasteiger charge is -2.18. The first kappa shape index (κ1) is 60.9. The average molecular weight is 887 g/mol. The number of ether oxygens (including phenoxy) is 3. The minimum absolute atomic E-state index is 0.0731. The van der Waals surface area contributed by atoms with Gasteiger partial charge in [0.2, 0.25) is 0 Å². The molecule has 0 aliphatic heterocycles. The molecule has 0 aliphatic rings. The van der Waals surface area contributed by atoms with Gasteiger partial charge in [-0.2, -0.15) is 0 Å². The second-order valence-corrected chi connectivity index (χ2v) is 18.8. The Morgan fingerprint density at radius 2 is 0.524 bits per heavy atom. The van der Waals surface area contributed by atoms with Crippen LogP contribution in [-0.2, 0) is 28.6 Å². The lowest BCUT2D eigenvalue weighted by Crippen LogP contribution is -2.30. The van der Waals surface area contributed by atoms with E-state index >= 15 is 0 Å². The van der Waals surface area contributed by atoms with Crippen molar-refractivity contribution in [1.82, 2.24) is 0 Å². The molecule has 0 heterocycles. The first-order valence-corrected chi connectivity index (χ1v) is 27.8. The van der Waals surface area contributed by atoms with Gasteiger partial charge >= 0.3 is 17.9 Å². The van der Waals surface area contributed by atoms with Crippen molar-refractivity contribution >= 4 is 17.9 Å². The third-order valence-corrected chi connectivity index (χ3v) is 12.4. The summed E-state index contributed by atoms with van der Waals surface area (Å²) in [5.74, 6) is -0.874. The first-order valence-electron chi connectivity index (χ1n) is 27.8. The molecule has 1 atom stereocenters. The van der Waals surface area contributed by atoms with E-state index in [-0.39, 0.29) is 31.1 Å². The summed E-state index contributed by atoms with van der Waals surface area (Å²) >= 11 is 0. The quantitative estimate of drug-likeness (QED) is 0.0262. The summed E-state index contributed by atoms with van der Waals surface area (Å²) < 4.78 is 16.8. The SMILES string of the molecule is CCCCC/C=C\CCCCCCCC(=O)OCC(COC(=O)CCCCCCCCCCCCCCCCCCCC)OC(=O)CCCCCCC/C=C\CCCCCCCC. The highest BCUT2D eigenvalue weighted by atomic mass is 16.6. The third-order valence-electron chi connectivity index (χ3n) is 12.4. The molecule has 0 aromatic heterocycles. The molecule has 0 aromatic rings. The van der Waals surface area contributed by atoms with E-state index in [4.69, 9.17) is 14.2 Å². The Morgan fingerprint density at radius 3 is 0.825 bits per heavy atom. The number of allylic oxidation sites excluding steroid dienone is 4. The molecule has 0 N–H and O–H groups in total. The van der Waals surface area contributed by atoms with Crippen LogP contribution in [0.5, 0.6) is 0 Å². The van der Waals surface area contributed by atoms with E-state index in [2.05, 4.69) is 45.1 Å². The highest BCUT2D eigenvalue weighted by Crippen LogP contribution is 2.16. The summed E-state index contributed by atoms with van der Waals surface area (Å²) in [5.41, 5.74) is 0. The van der Waals surface area contributed by atoms with Crippen LogP contribution in [0.15, 0.2) is 24.3 Å². The van der Waals surface area contributed by atoms with Crippen LogP contribution < -0.4 is 0 Å². The van der Waals surface area contributed by atoms with E-state index < -0.39 is 6.10 Å². The van der Waals surface area contributed by atoms with Gasteiger partial charge < -0.3 is 14.2 Å². The van der Waals surface area contributed by atoms with Crippen LogP contribution in [0.25, 0.3) is 0 Å². The van der Waals surface area contributed by atoms with Crippen LogP contribution in [0.4, 0.5) is 0 Å². The van der Waals surface area contributed by atoms with Crippen LogP contribution >= 0.6 is 0 Å². The predicted octanol–water partition coefficient (Wildman–Crippen LogP) is 18.3. The first-order chi connectivity index (χ1) is 31.0. The van der Waals surface area contributed by atoms with Gasteiger partial charge in [0.25, 0.3) is 0 Å². The van der Waals surface area contributed by atoms with Crippen molar-refractivity contribution in [2.75, 3.05) is 13.2 Å². The van der Waals surface area contributed by atoms with Gasteiger partial charge in [-0.05, 0) is 70.6 Å². The van der Waals surface area contributed by atoms with Crippen molar-refractivity contribution in [3.63, 3.8) is 0 Å². The molecule has 0 aromatic carbocycles. The molecule has 0 radical (unpaired) electrons. The van der Waals surface area contributed by atoms with Crippen LogP contribution in [0.3, 0.4) is 0 Å². The predicted molar refractivity (Wildman–Crippen MR) is 270 cm³/mol. The van der Waals surface area contributed by atoms with Crippen molar-refractivity contribution < 1.29 is 28.6 Å². The maximum Gasteiger partial charge on any atom is 0.306 e. The Labute approximate surface area is 392 Å². The number of carbonyl (C=O) groups excluding carboxylic acids is 3. The molecule has 0 saturated carbocycles. The topological polar surface area (TPSA) is 78.9 Å². The standard InChI is InChI=1S/C57H106O6/c1-4-7-10-13-16-19-22-25-27-28-29-31-32-35-38-41-44-47-50-56(59)62-53-54(52-61-55(58)49-46-43-40-37-34-24-21-18-15-12-9-6-3)63-57(60)51-48-45-42-39-36-33-30-26-23-20-17-14-11-8-5-2/h18,21,26,30,54H,4-17,19-20,22-25,27-29,31-53H2,1-3H3/b21-18-,30-26-. The minimum Gasteiger partial charge on any atom is -0.462 e. The van der Waals surface area contributed by atoms with Gasteiger partial charge in [-0.15, -0.1) is 0 Å². The van der Waals surface area contributed by atoms with E-state index in [0.29, 0.717) is 19.3 Å². The molecule has 370 valence electrons. The van der Waals surface area contributed by atoms with Gasteiger partial charge in [-0.25, -0.2) is 0 Å². The third kappa shape index (κ3) is 50.7. The molecule has 0 rings (SSSR count). The van der Waals surface area contributed by atoms with E-state index in [1.54, 1.807) is 0 Å². The number of hydrogen-bond acceptors (Lipinski definition) is 6. The summed E-state index contributed by atoms with van der Waals surface area (Å²) in [7, 11) is 0. The molecular weight excluding hydrogens is 781 g/mol. The molecule has 1 unspecified atom stereocenters. The monoisotopic (exact) mass is 887 g/mol. The molecular formula is C57H106O6. The zero-order valence-corrected chi connectivity index (χ0v) is 42.4. The van der Waals surface area contributed by atoms with Crippen LogP contribution in [0.2, 0.25) is 0 Å². The molecule has 63 heavy (non-hydrogen) atoms. The molecule has 0 fully saturated rings. The van der Waals surface area contributed by atoms with Crippen molar-refractivity contribution in [3.05, 3.63) is 24.3 Å². The van der Waals surface area contributed by atoms with Crippen molar-refractivity contribution in [3.8, 4) is 0 Å². The summed E-state index contributed by atoms with van der Waals surface area (Å²) in [5, 5.41) is 0. The molecule has 0 bridgehead atoms. The van der Waals surface area contributed by atoms with Crippen molar-refractivity contribution in [1.29, 1.82) is 0 Å². The molecule has 0 spiro atoms. The number of unbranched alkanes of at least 4 members (excludes halogenated alkanes) is 36. The van der Waals surface area contributed by atoms with E-state index in [0.717, 1.165) is 70.6 Å². The second-order valence-electron chi connectivity index (χ2n) is 18.8. The number of hydrogen-bond donors (Lipinski definition) is 0. The number of rotatable bonds is 51. The normalized spacial score (nSPS) is 12.1. The highest BCUT2D eigenvalue weighted by molar-refractivity contribution is 5.71. The van der Waals surface area contributed by atoms with Crippen LogP contribution in [0, 0.1) is 0 Å². The van der Waals surface area contributed by atoms with Gasteiger partial charge in [-0.1, -0.05) is 238 Å². The molecule has 6 heteroatoms. The number of carbonyl (C=O) groups is 3. The summed E-state index contributed by atoms with van der Waals surface area (Å²) in [4.78, 5) is 38.0. The smallest absolute Gasteiger partial charge is 0.306 e. The Bertz CT molecular complexity index is 1020. The average Bonchev–Trinajstić information content (AvgIpc) is 3.28. The summed E-state index contributed by atoms with van der Waals surface area (Å²) in [6, 6.07) is 0. The molecule has 0 saturated heterocycles. The summed E-state index contributed by atoms with van der Waals surface area (Å²) in [6.45, 7) is 6.64. The van der Waals surface area contributed by atoms with Gasteiger partial charge in [0.15, 0.2) is 6.10 Å². The summed E-state index contributed by atoms with van der Waals surface area (Å²) in [6.07, 6.45) is 60.2. The lowest BCUT2D eigenvalue weighted by atomic mass is 10.0. The highest BCUT2D eigenvalue weighted by Gasteiger charge is 2.19. The lowest BCUT2D eigenvalue weighted by molar-refractivity contribution is -0.167. The largest absolute Gasteiger partial charge is 0.462 e. The van der Waals surface area contributed by atoms with Gasteiger partial charge in [-0.3, -0.25) is 14.4 Å². The number of esters is 3. The Hall–Kier alpha value is -2.11. The van der Waals surface area contributed by atoms with Gasteiger partial charge in [0.05, 0.1) is 0 Å². The van der Waals surface area contributed by atoms with Crippen molar-refractivity contribution in [2.24, 2.45) is 0 Å². The van der Waals surface area contributed by atoms with E-state index in [1.807, 2.05) is 0 Å². The fourth-order valence-electron chi connectivity index (χ4n) is 8.20. The zero-order chi connectivity index (χ0) is 45.8. The Kier molecular flexibility index (Phi) is 50.8. The minimum atomic E-state index is -0.774.